The molecule has 1 amide bonds. The summed E-state index contributed by atoms with van der Waals surface area (Å²) in [5, 5.41) is 0. The number of ketones is 1. The molecule has 6 nitrogen and oxygen atoms in total. The Morgan fingerprint density at radius 1 is 1.20 bits per heavy atom. The summed E-state index contributed by atoms with van der Waals surface area (Å²) in [7, 11) is 1.26. The van der Waals surface area contributed by atoms with Gasteiger partial charge in [-0.25, -0.2) is 4.79 Å². The molecule has 25 heavy (non-hydrogen) atoms. The zero-order valence-electron chi connectivity index (χ0n) is 15.2. The number of amides is 1. The van der Waals surface area contributed by atoms with E-state index < -0.39 is 23.1 Å². The van der Waals surface area contributed by atoms with Crippen molar-refractivity contribution in [3.05, 3.63) is 35.9 Å². The molecule has 0 saturated carbocycles. The molecule has 0 aliphatic carbocycles. The highest BCUT2D eigenvalue weighted by molar-refractivity contribution is 6.05. The normalized spacial score (nSPS) is 21.0. The number of rotatable bonds is 3. The standard InChI is InChI=1S/C19H25NO5/c1-18(2,3)25-17(23)20-11-10-15(21)19(13-20,16(22)24-4)12-14-8-6-5-7-9-14/h5-9H,10-13H2,1-4H3/t19-/m0/s1. The first kappa shape index (κ1) is 19.0. The summed E-state index contributed by atoms with van der Waals surface area (Å²) in [6, 6.07) is 9.26. The minimum absolute atomic E-state index is 0.0394. The van der Waals surface area contributed by atoms with Gasteiger partial charge in [-0.15, -0.1) is 0 Å². The Labute approximate surface area is 148 Å². The number of Topliss-reactive ketones (excluding diaryl/α,β-unsaturated/α-hetero) is 1. The van der Waals surface area contributed by atoms with E-state index in [0.717, 1.165) is 5.56 Å². The molecule has 0 aromatic heterocycles. The summed E-state index contributed by atoms with van der Waals surface area (Å²) in [5.41, 5.74) is -1.20. The maximum atomic E-state index is 12.7. The van der Waals surface area contributed by atoms with E-state index in [1.54, 1.807) is 20.8 Å². The van der Waals surface area contributed by atoms with Gasteiger partial charge in [0.25, 0.3) is 0 Å². The van der Waals surface area contributed by atoms with Gasteiger partial charge in [0.05, 0.1) is 7.11 Å². The van der Waals surface area contributed by atoms with Crippen molar-refractivity contribution in [2.75, 3.05) is 20.2 Å². The lowest BCUT2D eigenvalue weighted by Crippen LogP contribution is -2.57. The number of methoxy groups -OCH3 is 1. The van der Waals surface area contributed by atoms with E-state index in [9.17, 15) is 14.4 Å². The Balaban J connectivity index is 2.31. The third kappa shape index (κ3) is 4.38. The third-order valence-corrected chi connectivity index (χ3v) is 4.18. The van der Waals surface area contributed by atoms with Gasteiger partial charge >= 0.3 is 12.1 Å². The van der Waals surface area contributed by atoms with Gasteiger partial charge in [0, 0.05) is 19.5 Å². The molecule has 1 aliphatic rings. The molecule has 2 rings (SSSR count). The smallest absolute Gasteiger partial charge is 0.410 e. The SMILES string of the molecule is COC(=O)[C@@]1(Cc2ccccc2)CN(C(=O)OC(C)(C)C)CCC1=O. The summed E-state index contributed by atoms with van der Waals surface area (Å²) in [4.78, 5) is 39.1. The van der Waals surface area contributed by atoms with Gasteiger partial charge in [0.1, 0.15) is 11.0 Å². The number of carbonyl (C=O) groups excluding carboxylic acids is 3. The summed E-state index contributed by atoms with van der Waals surface area (Å²) >= 11 is 0. The van der Waals surface area contributed by atoms with Crippen molar-refractivity contribution in [1.82, 2.24) is 4.90 Å². The molecule has 1 aromatic rings. The fourth-order valence-corrected chi connectivity index (χ4v) is 3.00. The van der Waals surface area contributed by atoms with Gasteiger partial charge in [-0.05, 0) is 32.8 Å². The highest BCUT2D eigenvalue weighted by Gasteiger charge is 2.51. The van der Waals surface area contributed by atoms with E-state index in [1.807, 2.05) is 30.3 Å². The van der Waals surface area contributed by atoms with Crippen LogP contribution in [0.2, 0.25) is 0 Å². The first-order valence-corrected chi connectivity index (χ1v) is 8.31. The first-order chi connectivity index (χ1) is 11.7. The largest absolute Gasteiger partial charge is 0.468 e. The average molecular weight is 347 g/mol. The fraction of sp³-hybridized carbons (Fsp3) is 0.526. The van der Waals surface area contributed by atoms with Gasteiger partial charge in [-0.2, -0.15) is 0 Å². The van der Waals surface area contributed by atoms with Crippen LogP contribution in [-0.2, 0) is 25.5 Å². The Hall–Kier alpha value is -2.37. The number of piperidine rings is 1. The third-order valence-electron chi connectivity index (χ3n) is 4.18. The van der Waals surface area contributed by atoms with Crippen LogP contribution in [0.25, 0.3) is 0 Å². The Morgan fingerprint density at radius 2 is 1.84 bits per heavy atom. The molecule has 1 fully saturated rings. The molecule has 0 unspecified atom stereocenters. The van der Waals surface area contributed by atoms with Crippen LogP contribution >= 0.6 is 0 Å². The minimum atomic E-state index is -1.40. The lowest BCUT2D eigenvalue weighted by Gasteiger charge is -2.39. The van der Waals surface area contributed by atoms with E-state index in [0.29, 0.717) is 0 Å². The van der Waals surface area contributed by atoms with Crippen LogP contribution in [-0.4, -0.2) is 48.5 Å². The number of hydrogen-bond donors (Lipinski definition) is 0. The van der Waals surface area contributed by atoms with E-state index in [4.69, 9.17) is 9.47 Å². The van der Waals surface area contributed by atoms with E-state index in [-0.39, 0.29) is 31.7 Å². The molecule has 0 radical (unpaired) electrons. The second-order valence-corrected chi connectivity index (χ2v) is 7.31. The Bertz CT molecular complexity index is 640. The van der Waals surface area contributed by atoms with Crippen molar-refractivity contribution < 1.29 is 23.9 Å². The van der Waals surface area contributed by atoms with Crippen LogP contribution in [0.1, 0.15) is 32.8 Å². The molecular weight excluding hydrogens is 322 g/mol. The minimum Gasteiger partial charge on any atom is -0.468 e. The molecule has 0 bridgehead atoms. The maximum absolute atomic E-state index is 12.7. The lowest BCUT2D eigenvalue weighted by molar-refractivity contribution is -0.161. The van der Waals surface area contributed by atoms with Crippen LogP contribution in [0.4, 0.5) is 4.79 Å². The quantitative estimate of drug-likeness (QED) is 0.621. The predicted molar refractivity (Wildman–Crippen MR) is 92.0 cm³/mol. The summed E-state index contributed by atoms with van der Waals surface area (Å²) in [5.74, 6) is -0.822. The molecule has 6 heteroatoms. The summed E-state index contributed by atoms with van der Waals surface area (Å²) < 4.78 is 10.3. The van der Waals surface area contributed by atoms with Crippen molar-refractivity contribution in [2.45, 2.75) is 39.2 Å². The second kappa shape index (κ2) is 7.25. The highest BCUT2D eigenvalue weighted by atomic mass is 16.6. The van der Waals surface area contributed by atoms with Crippen LogP contribution in [0, 0.1) is 5.41 Å². The zero-order valence-corrected chi connectivity index (χ0v) is 15.2. The molecule has 1 aromatic carbocycles. The zero-order chi connectivity index (χ0) is 18.7. The number of carbonyl (C=O) groups is 3. The number of esters is 1. The first-order valence-electron chi connectivity index (χ1n) is 8.31. The predicted octanol–water partition coefficient (Wildman–Crippen LogP) is 2.60. The number of benzene rings is 1. The van der Waals surface area contributed by atoms with Crippen LogP contribution < -0.4 is 0 Å². The fourth-order valence-electron chi connectivity index (χ4n) is 3.00. The molecule has 0 N–H and O–H groups in total. The van der Waals surface area contributed by atoms with E-state index >= 15 is 0 Å². The number of nitrogens with zero attached hydrogens (tertiary/aromatic N) is 1. The summed E-state index contributed by atoms with van der Waals surface area (Å²) in [6.45, 7) is 5.52. The van der Waals surface area contributed by atoms with Gasteiger partial charge in [-0.1, -0.05) is 30.3 Å². The molecule has 1 heterocycles. The van der Waals surface area contributed by atoms with E-state index in [1.165, 1.54) is 12.0 Å². The van der Waals surface area contributed by atoms with Crippen molar-refractivity contribution in [1.29, 1.82) is 0 Å². The van der Waals surface area contributed by atoms with Crippen LogP contribution in [0.5, 0.6) is 0 Å². The molecular formula is C19H25NO5. The van der Waals surface area contributed by atoms with Crippen molar-refractivity contribution >= 4 is 17.8 Å². The van der Waals surface area contributed by atoms with Crippen LogP contribution in [0.3, 0.4) is 0 Å². The molecule has 1 atom stereocenters. The number of ether oxygens (including phenoxy) is 2. The average Bonchev–Trinajstić information content (AvgIpc) is 2.55. The number of hydrogen-bond acceptors (Lipinski definition) is 5. The molecule has 136 valence electrons. The van der Waals surface area contributed by atoms with Gasteiger partial charge in [-0.3, -0.25) is 9.59 Å². The van der Waals surface area contributed by atoms with Gasteiger partial charge in [0.15, 0.2) is 5.78 Å². The van der Waals surface area contributed by atoms with Gasteiger partial charge in [0.2, 0.25) is 0 Å². The van der Waals surface area contributed by atoms with Crippen molar-refractivity contribution in [2.24, 2.45) is 5.41 Å². The van der Waals surface area contributed by atoms with Crippen molar-refractivity contribution in [3.8, 4) is 0 Å². The Kier molecular flexibility index (Phi) is 5.50. The highest BCUT2D eigenvalue weighted by Crippen LogP contribution is 2.33. The van der Waals surface area contributed by atoms with E-state index in [2.05, 4.69) is 0 Å². The second-order valence-electron chi connectivity index (χ2n) is 7.31. The molecule has 0 spiro atoms. The van der Waals surface area contributed by atoms with Crippen molar-refractivity contribution in [3.63, 3.8) is 0 Å². The van der Waals surface area contributed by atoms with Gasteiger partial charge < -0.3 is 14.4 Å². The van der Waals surface area contributed by atoms with Crippen LogP contribution in [0.15, 0.2) is 30.3 Å². The maximum Gasteiger partial charge on any atom is 0.410 e. The Morgan fingerprint density at radius 3 is 2.40 bits per heavy atom. The molecule has 1 saturated heterocycles. The molecule has 1 aliphatic heterocycles. The topological polar surface area (TPSA) is 72.9 Å². The monoisotopic (exact) mass is 347 g/mol. The lowest BCUT2D eigenvalue weighted by atomic mass is 9.74. The number of likely N-dealkylation sites (tertiary alicyclic amines) is 1. The summed E-state index contributed by atoms with van der Waals surface area (Å²) in [6.07, 6.45) is -0.235.